The Kier molecular flexibility index (Phi) is 12.7. The molecule has 1 saturated heterocycles. The zero-order valence-corrected chi connectivity index (χ0v) is 18.4. The number of rotatable bonds is 8. The summed E-state index contributed by atoms with van der Waals surface area (Å²) in [7, 11) is 0. The van der Waals surface area contributed by atoms with Gasteiger partial charge in [-0.05, 0) is 39.0 Å². The van der Waals surface area contributed by atoms with Crippen molar-refractivity contribution in [1.29, 1.82) is 0 Å². The Morgan fingerprint density at radius 3 is 2.92 bits per heavy atom. The third kappa shape index (κ3) is 9.21. The molecule has 0 aliphatic carbocycles. The van der Waals surface area contributed by atoms with Crippen LogP contribution in [-0.4, -0.2) is 62.7 Å². The van der Waals surface area contributed by atoms with Crippen LogP contribution >= 0.6 is 24.0 Å². The van der Waals surface area contributed by atoms with Crippen LogP contribution in [0.5, 0.6) is 0 Å². The SMILES string of the molecule is CCNC(=NCCCN1CCCCCC1=O)NCCC1=CCOCC1.I. The van der Waals surface area contributed by atoms with Gasteiger partial charge in [-0.25, -0.2) is 0 Å². The van der Waals surface area contributed by atoms with Gasteiger partial charge >= 0.3 is 0 Å². The smallest absolute Gasteiger partial charge is 0.222 e. The van der Waals surface area contributed by atoms with Crippen LogP contribution in [0.1, 0.15) is 51.9 Å². The van der Waals surface area contributed by atoms with Crippen LogP contribution in [0.4, 0.5) is 0 Å². The molecule has 0 aromatic rings. The van der Waals surface area contributed by atoms with Crippen LogP contribution < -0.4 is 10.6 Å². The maximum Gasteiger partial charge on any atom is 0.222 e. The molecule has 2 aliphatic rings. The van der Waals surface area contributed by atoms with E-state index in [1.165, 1.54) is 12.0 Å². The van der Waals surface area contributed by atoms with Crippen molar-refractivity contribution in [3.8, 4) is 0 Å². The number of carbonyl (C=O) groups excluding carboxylic acids is 1. The van der Waals surface area contributed by atoms with Gasteiger partial charge in [0, 0.05) is 39.1 Å². The van der Waals surface area contributed by atoms with Gasteiger partial charge in [0.1, 0.15) is 0 Å². The van der Waals surface area contributed by atoms with Gasteiger partial charge in [-0.15, -0.1) is 24.0 Å². The number of likely N-dealkylation sites (tertiary alicyclic amines) is 1. The highest BCUT2D eigenvalue weighted by Gasteiger charge is 2.15. The fraction of sp³-hybridized carbons (Fsp3) is 0.789. The van der Waals surface area contributed by atoms with Crippen molar-refractivity contribution in [2.75, 3.05) is 45.9 Å². The summed E-state index contributed by atoms with van der Waals surface area (Å²) in [4.78, 5) is 18.6. The van der Waals surface area contributed by atoms with Crippen molar-refractivity contribution in [1.82, 2.24) is 15.5 Å². The van der Waals surface area contributed by atoms with E-state index < -0.39 is 0 Å². The van der Waals surface area contributed by atoms with Gasteiger partial charge in [-0.3, -0.25) is 9.79 Å². The van der Waals surface area contributed by atoms with E-state index in [0.717, 1.165) is 84.0 Å². The highest BCUT2D eigenvalue weighted by atomic mass is 127. The Morgan fingerprint density at radius 2 is 2.15 bits per heavy atom. The minimum absolute atomic E-state index is 0. The normalized spacial score (nSPS) is 18.7. The second-order valence-corrected chi connectivity index (χ2v) is 6.67. The Morgan fingerprint density at radius 1 is 1.27 bits per heavy atom. The van der Waals surface area contributed by atoms with Crippen molar-refractivity contribution in [3.63, 3.8) is 0 Å². The lowest BCUT2D eigenvalue weighted by Crippen LogP contribution is -2.38. The Hall–Kier alpha value is -0.830. The molecule has 0 aromatic carbocycles. The number of hydrogen-bond donors (Lipinski definition) is 2. The molecule has 0 aromatic heterocycles. The van der Waals surface area contributed by atoms with Crippen LogP contribution in [0.3, 0.4) is 0 Å². The molecule has 1 amide bonds. The quantitative estimate of drug-likeness (QED) is 0.185. The van der Waals surface area contributed by atoms with Crippen molar-refractivity contribution in [3.05, 3.63) is 11.6 Å². The lowest BCUT2D eigenvalue weighted by atomic mass is 10.1. The molecule has 0 atom stereocenters. The minimum atomic E-state index is 0. The summed E-state index contributed by atoms with van der Waals surface area (Å²) in [6, 6.07) is 0. The number of hydrogen-bond acceptors (Lipinski definition) is 3. The van der Waals surface area contributed by atoms with E-state index in [-0.39, 0.29) is 24.0 Å². The standard InChI is InChI=1S/C19H34N4O2.HI/c1-2-20-19(22-12-8-17-9-15-25-16-10-17)21-11-6-14-23-13-5-3-4-7-18(23)24;/h9H,2-8,10-16H2,1H3,(H2,20,21,22);1H. The summed E-state index contributed by atoms with van der Waals surface area (Å²) in [5.41, 5.74) is 1.47. The number of nitrogens with zero attached hydrogens (tertiary/aromatic N) is 2. The number of ether oxygens (including phenoxy) is 1. The van der Waals surface area contributed by atoms with E-state index >= 15 is 0 Å². The van der Waals surface area contributed by atoms with Gasteiger partial charge in [-0.2, -0.15) is 0 Å². The van der Waals surface area contributed by atoms with E-state index in [9.17, 15) is 4.79 Å². The molecule has 7 heteroatoms. The molecule has 0 unspecified atom stereocenters. The van der Waals surface area contributed by atoms with Crippen molar-refractivity contribution in [2.24, 2.45) is 4.99 Å². The van der Waals surface area contributed by atoms with Crippen LogP contribution in [0.2, 0.25) is 0 Å². The molecule has 2 rings (SSSR count). The molecule has 26 heavy (non-hydrogen) atoms. The Balaban J connectivity index is 0.00000338. The summed E-state index contributed by atoms with van der Waals surface area (Å²) < 4.78 is 5.34. The molecule has 1 fully saturated rings. The van der Waals surface area contributed by atoms with Gasteiger partial charge in [0.2, 0.25) is 5.91 Å². The van der Waals surface area contributed by atoms with E-state index in [1.807, 2.05) is 4.90 Å². The van der Waals surface area contributed by atoms with Crippen LogP contribution in [0, 0.1) is 0 Å². The van der Waals surface area contributed by atoms with Crippen LogP contribution in [0.15, 0.2) is 16.6 Å². The second kappa shape index (κ2) is 14.3. The third-order valence-electron chi connectivity index (χ3n) is 4.67. The first-order valence-electron chi connectivity index (χ1n) is 9.85. The monoisotopic (exact) mass is 478 g/mol. The zero-order chi connectivity index (χ0) is 17.7. The average molecular weight is 478 g/mol. The number of aliphatic imine (C=N–C) groups is 1. The van der Waals surface area contributed by atoms with Crippen LogP contribution in [0.25, 0.3) is 0 Å². The lowest BCUT2D eigenvalue weighted by Gasteiger charge is -2.20. The molecule has 0 saturated carbocycles. The topological polar surface area (TPSA) is 66.0 Å². The summed E-state index contributed by atoms with van der Waals surface area (Å²) in [5, 5.41) is 6.69. The number of guanidine groups is 1. The minimum Gasteiger partial charge on any atom is -0.377 e. The van der Waals surface area contributed by atoms with Gasteiger partial charge in [0.05, 0.1) is 13.2 Å². The molecule has 2 N–H and O–H groups in total. The number of halogens is 1. The van der Waals surface area contributed by atoms with Crippen molar-refractivity contribution >= 4 is 35.8 Å². The van der Waals surface area contributed by atoms with E-state index in [4.69, 9.17) is 4.74 Å². The van der Waals surface area contributed by atoms with Crippen LogP contribution in [-0.2, 0) is 9.53 Å². The second-order valence-electron chi connectivity index (χ2n) is 6.67. The molecular formula is C19H35IN4O2. The molecular weight excluding hydrogens is 443 g/mol. The first kappa shape index (κ1) is 23.2. The molecule has 2 heterocycles. The highest BCUT2D eigenvalue weighted by molar-refractivity contribution is 14.0. The fourth-order valence-corrected chi connectivity index (χ4v) is 3.20. The van der Waals surface area contributed by atoms with Gasteiger partial charge in [0.15, 0.2) is 5.96 Å². The molecule has 0 spiro atoms. The van der Waals surface area contributed by atoms with Gasteiger partial charge in [-0.1, -0.05) is 18.1 Å². The predicted molar refractivity (Wildman–Crippen MR) is 117 cm³/mol. The largest absolute Gasteiger partial charge is 0.377 e. The third-order valence-corrected chi connectivity index (χ3v) is 4.67. The van der Waals surface area contributed by atoms with Crippen molar-refractivity contribution < 1.29 is 9.53 Å². The molecule has 0 radical (unpaired) electrons. The summed E-state index contributed by atoms with van der Waals surface area (Å²) in [6.07, 6.45) is 9.27. The Labute approximate surface area is 175 Å². The molecule has 150 valence electrons. The summed E-state index contributed by atoms with van der Waals surface area (Å²) in [6.45, 7) is 7.90. The fourth-order valence-electron chi connectivity index (χ4n) is 3.20. The van der Waals surface area contributed by atoms with Gasteiger partial charge in [0.25, 0.3) is 0 Å². The average Bonchev–Trinajstić information content (AvgIpc) is 2.84. The number of carbonyl (C=O) groups is 1. The lowest BCUT2D eigenvalue weighted by molar-refractivity contribution is -0.130. The van der Waals surface area contributed by atoms with E-state index in [1.54, 1.807) is 0 Å². The Bertz CT molecular complexity index is 468. The number of nitrogens with one attached hydrogen (secondary N) is 2. The first-order chi connectivity index (χ1) is 12.3. The van der Waals surface area contributed by atoms with Gasteiger partial charge < -0.3 is 20.3 Å². The maximum absolute atomic E-state index is 12.0. The van der Waals surface area contributed by atoms with E-state index in [2.05, 4.69) is 28.6 Å². The number of amides is 1. The maximum atomic E-state index is 12.0. The predicted octanol–water partition coefficient (Wildman–Crippen LogP) is 2.69. The summed E-state index contributed by atoms with van der Waals surface area (Å²) >= 11 is 0. The molecule has 2 aliphatic heterocycles. The highest BCUT2D eigenvalue weighted by Crippen LogP contribution is 2.12. The molecule has 0 bridgehead atoms. The van der Waals surface area contributed by atoms with Crippen molar-refractivity contribution in [2.45, 2.75) is 51.9 Å². The first-order valence-corrected chi connectivity index (χ1v) is 9.85. The molecule has 6 nitrogen and oxygen atoms in total. The van der Waals surface area contributed by atoms with E-state index in [0.29, 0.717) is 12.3 Å². The summed E-state index contributed by atoms with van der Waals surface area (Å²) in [5.74, 6) is 1.19. The zero-order valence-electron chi connectivity index (χ0n) is 16.1.